The minimum absolute atomic E-state index is 0.405. The summed E-state index contributed by atoms with van der Waals surface area (Å²) in [4.78, 5) is 0. The minimum Gasteiger partial charge on any atom is -0.379 e. The second-order valence-electron chi connectivity index (χ2n) is 6.61. The topological polar surface area (TPSA) is 49.5 Å². The quantitative estimate of drug-likeness (QED) is 0.208. The highest BCUT2D eigenvalue weighted by Gasteiger charge is 2.36. The molecule has 0 N–H and O–H groups in total. The zero-order chi connectivity index (χ0) is 17.5. The van der Waals surface area contributed by atoms with Crippen molar-refractivity contribution in [2.24, 2.45) is 0 Å². The average Bonchev–Trinajstić information content (AvgIpc) is 3.43. The fraction of sp³-hybridized carbons (Fsp3) is 1.00. The molecule has 1 atom stereocenters. The van der Waals surface area contributed by atoms with Crippen LogP contribution in [0.25, 0.3) is 0 Å². The summed E-state index contributed by atoms with van der Waals surface area (Å²) in [6.07, 6.45) is 13.3. The highest BCUT2D eigenvalue weighted by atomic mass is 28.4. The third-order valence-corrected chi connectivity index (χ3v) is 7.49. The molecule has 0 radical (unpaired) electrons. The molecule has 1 fully saturated rings. The van der Waals surface area contributed by atoms with Crippen LogP contribution >= 0.6 is 0 Å². The zero-order valence-corrected chi connectivity index (χ0v) is 17.0. The maximum absolute atomic E-state index is 5.54. The van der Waals surface area contributed by atoms with Gasteiger partial charge >= 0.3 is 8.80 Å². The first-order valence-corrected chi connectivity index (χ1v) is 11.5. The zero-order valence-electron chi connectivity index (χ0n) is 16.0. The molecule has 1 rings (SSSR count). The van der Waals surface area contributed by atoms with Crippen molar-refractivity contribution in [1.29, 1.82) is 0 Å². The molecule has 0 aromatic carbocycles. The summed E-state index contributed by atoms with van der Waals surface area (Å²) < 4.78 is 27.0. The Morgan fingerprint density at radius 1 is 0.750 bits per heavy atom. The molecule has 0 aromatic rings. The van der Waals surface area contributed by atoms with E-state index in [4.69, 9.17) is 22.8 Å². The third kappa shape index (κ3) is 10.8. The lowest BCUT2D eigenvalue weighted by Gasteiger charge is -2.24. The lowest BCUT2D eigenvalue weighted by Crippen LogP contribution is -2.42. The Bertz CT molecular complexity index is 274. The Labute approximate surface area is 149 Å². The molecular formula is C18H38O5Si. The minimum atomic E-state index is -2.34. The molecule has 144 valence electrons. The molecule has 24 heavy (non-hydrogen) atoms. The summed E-state index contributed by atoms with van der Waals surface area (Å²) >= 11 is 0. The van der Waals surface area contributed by atoms with E-state index in [-0.39, 0.29) is 0 Å². The molecule has 0 saturated carbocycles. The predicted octanol–water partition coefficient (Wildman–Crippen LogP) is 4.18. The molecule has 0 aliphatic carbocycles. The van der Waals surface area contributed by atoms with E-state index in [9.17, 15) is 0 Å². The molecule has 0 amide bonds. The van der Waals surface area contributed by atoms with E-state index in [0.717, 1.165) is 32.3 Å². The number of ether oxygens (including phenoxy) is 2. The van der Waals surface area contributed by atoms with Crippen molar-refractivity contribution in [2.75, 3.05) is 41.2 Å². The number of hydrogen-bond donors (Lipinski definition) is 0. The number of unbranched alkanes of at least 4 members (excludes halogenated alkanes) is 9. The fourth-order valence-corrected chi connectivity index (χ4v) is 4.69. The lowest BCUT2D eigenvalue weighted by molar-refractivity contribution is 0.113. The van der Waals surface area contributed by atoms with Crippen LogP contribution in [-0.4, -0.2) is 56.1 Å². The molecule has 6 heteroatoms. The van der Waals surface area contributed by atoms with Gasteiger partial charge in [-0.2, -0.15) is 0 Å². The van der Waals surface area contributed by atoms with Gasteiger partial charge in [0.25, 0.3) is 0 Å². The second-order valence-corrected chi connectivity index (χ2v) is 9.70. The van der Waals surface area contributed by atoms with Gasteiger partial charge in [0.15, 0.2) is 0 Å². The molecule has 5 nitrogen and oxygen atoms in total. The van der Waals surface area contributed by atoms with Crippen LogP contribution in [0.4, 0.5) is 0 Å². The van der Waals surface area contributed by atoms with Crippen molar-refractivity contribution in [1.82, 2.24) is 0 Å². The van der Waals surface area contributed by atoms with Crippen LogP contribution < -0.4 is 0 Å². The normalized spacial score (nSPS) is 17.4. The van der Waals surface area contributed by atoms with E-state index in [2.05, 4.69) is 0 Å². The first-order chi connectivity index (χ1) is 11.8. The van der Waals surface area contributed by atoms with Crippen molar-refractivity contribution in [2.45, 2.75) is 76.4 Å². The van der Waals surface area contributed by atoms with Gasteiger partial charge < -0.3 is 22.8 Å². The Hall–Kier alpha value is 0.0169. The van der Waals surface area contributed by atoms with Crippen molar-refractivity contribution in [3.63, 3.8) is 0 Å². The van der Waals surface area contributed by atoms with Crippen LogP contribution in [0.5, 0.6) is 0 Å². The van der Waals surface area contributed by atoms with Crippen molar-refractivity contribution >= 4 is 8.80 Å². The first-order valence-electron chi connectivity index (χ1n) is 9.61. The van der Waals surface area contributed by atoms with Crippen molar-refractivity contribution < 1.29 is 22.8 Å². The van der Waals surface area contributed by atoms with Gasteiger partial charge in [-0.05, 0) is 12.8 Å². The lowest BCUT2D eigenvalue weighted by atomic mass is 10.1. The van der Waals surface area contributed by atoms with Crippen LogP contribution in [-0.2, 0) is 22.8 Å². The Morgan fingerprint density at radius 3 is 1.67 bits per heavy atom. The van der Waals surface area contributed by atoms with Crippen molar-refractivity contribution in [3.8, 4) is 0 Å². The Balaban J connectivity index is 1.75. The summed E-state index contributed by atoms with van der Waals surface area (Å²) in [5, 5.41) is 0. The SMILES string of the molecule is CO[Si](CCCCCCCCCCCCOCC1CO1)(OC)OC. The van der Waals surface area contributed by atoms with Crippen LogP contribution in [0, 0.1) is 0 Å². The molecule has 1 saturated heterocycles. The van der Waals surface area contributed by atoms with E-state index in [0.29, 0.717) is 6.10 Å². The smallest absolute Gasteiger partial charge is 0.379 e. The van der Waals surface area contributed by atoms with E-state index in [1.165, 1.54) is 57.8 Å². The fourth-order valence-electron chi connectivity index (χ4n) is 2.90. The van der Waals surface area contributed by atoms with Gasteiger partial charge in [0.1, 0.15) is 6.10 Å². The van der Waals surface area contributed by atoms with E-state index >= 15 is 0 Å². The van der Waals surface area contributed by atoms with Gasteiger partial charge in [-0.25, -0.2) is 0 Å². The van der Waals surface area contributed by atoms with Crippen molar-refractivity contribution in [3.05, 3.63) is 0 Å². The molecule has 1 unspecified atom stereocenters. The summed E-state index contributed by atoms with van der Waals surface area (Å²) in [6, 6.07) is 0.922. The second kappa shape index (κ2) is 14.2. The highest BCUT2D eigenvalue weighted by molar-refractivity contribution is 6.60. The van der Waals surface area contributed by atoms with E-state index in [1.54, 1.807) is 21.3 Å². The monoisotopic (exact) mass is 362 g/mol. The third-order valence-electron chi connectivity index (χ3n) is 4.66. The largest absolute Gasteiger partial charge is 0.500 e. The van der Waals surface area contributed by atoms with Gasteiger partial charge in [-0.15, -0.1) is 0 Å². The van der Waals surface area contributed by atoms with E-state index < -0.39 is 8.80 Å². The van der Waals surface area contributed by atoms with Gasteiger partial charge in [0.2, 0.25) is 0 Å². The standard InChI is InChI=1S/C18H38O5Si/c1-19-24(20-2,21-3)15-13-11-9-7-5-4-6-8-10-12-14-22-16-18-17-23-18/h18H,4-17H2,1-3H3. The van der Waals surface area contributed by atoms with Crippen LogP contribution in [0.2, 0.25) is 6.04 Å². The maximum atomic E-state index is 5.54. The molecular weight excluding hydrogens is 324 g/mol. The summed E-state index contributed by atoms with van der Waals surface area (Å²) in [5.41, 5.74) is 0. The number of rotatable bonds is 18. The molecule has 0 bridgehead atoms. The molecule has 0 spiro atoms. The summed E-state index contributed by atoms with van der Waals surface area (Å²) in [6.45, 7) is 2.59. The first kappa shape index (κ1) is 22.1. The van der Waals surface area contributed by atoms with Gasteiger partial charge in [0, 0.05) is 34.0 Å². The molecule has 1 aliphatic heterocycles. The van der Waals surface area contributed by atoms with Crippen LogP contribution in [0.15, 0.2) is 0 Å². The summed E-state index contributed by atoms with van der Waals surface area (Å²) in [7, 11) is 2.72. The summed E-state index contributed by atoms with van der Waals surface area (Å²) in [5.74, 6) is 0. The molecule has 1 heterocycles. The predicted molar refractivity (Wildman–Crippen MR) is 98.3 cm³/mol. The maximum Gasteiger partial charge on any atom is 0.500 e. The van der Waals surface area contributed by atoms with Crippen LogP contribution in [0.1, 0.15) is 64.2 Å². The van der Waals surface area contributed by atoms with E-state index in [1.807, 2.05) is 0 Å². The van der Waals surface area contributed by atoms with Gasteiger partial charge in [0.05, 0.1) is 13.2 Å². The molecule has 0 aromatic heterocycles. The Morgan fingerprint density at radius 2 is 1.21 bits per heavy atom. The average molecular weight is 363 g/mol. The Kier molecular flexibility index (Phi) is 13.1. The number of hydrogen-bond acceptors (Lipinski definition) is 5. The highest BCUT2D eigenvalue weighted by Crippen LogP contribution is 2.18. The van der Waals surface area contributed by atoms with Gasteiger partial charge in [-0.3, -0.25) is 0 Å². The molecule has 1 aliphatic rings. The van der Waals surface area contributed by atoms with Gasteiger partial charge in [-0.1, -0.05) is 51.4 Å². The number of epoxide rings is 1. The van der Waals surface area contributed by atoms with Crippen LogP contribution in [0.3, 0.4) is 0 Å².